The second kappa shape index (κ2) is 3.46. The van der Waals surface area contributed by atoms with Gasteiger partial charge in [0.15, 0.2) is 5.84 Å². The Morgan fingerprint density at radius 3 is 2.29 bits per heavy atom. The molecule has 0 spiro atoms. The average Bonchev–Trinajstić information content (AvgIpc) is 1.72. The Hall–Kier alpha value is -0.730. The van der Waals surface area contributed by atoms with Crippen LogP contribution in [-0.4, -0.2) is 12.9 Å². The van der Waals surface area contributed by atoms with E-state index >= 15 is 0 Å². The molecule has 0 rings (SSSR count). The lowest BCUT2D eigenvalue weighted by Gasteiger charge is -1.81. The van der Waals surface area contributed by atoms with Crippen molar-refractivity contribution >= 4 is 5.84 Å². The Bertz CT molecular complexity index is 87.7. The van der Waals surface area contributed by atoms with Crippen LogP contribution in [-0.2, 0) is 0 Å². The summed E-state index contributed by atoms with van der Waals surface area (Å²) in [6.07, 6.45) is 0.625. The molecule has 40 valence electrons. The van der Waals surface area contributed by atoms with Gasteiger partial charge in [0.1, 0.15) is 0 Å². The smallest absolute Gasteiger partial charge is 0.167 e. The first-order valence-electron chi connectivity index (χ1n) is 2.14. The molecule has 0 N–H and O–H groups in total. The normalized spacial score (nSPS) is 11.4. The van der Waals surface area contributed by atoms with Gasteiger partial charge in [0.2, 0.25) is 0 Å². The first-order valence-corrected chi connectivity index (χ1v) is 2.14. The van der Waals surface area contributed by atoms with Crippen molar-refractivity contribution in [2.45, 2.75) is 13.3 Å². The van der Waals surface area contributed by atoms with Crippen LogP contribution >= 0.6 is 0 Å². The van der Waals surface area contributed by atoms with Gasteiger partial charge in [-0.25, -0.2) is 0 Å². The Labute approximate surface area is 42.4 Å². The van der Waals surface area contributed by atoms with Crippen molar-refractivity contribution in [1.82, 2.24) is 0 Å². The molecule has 0 heterocycles. The van der Waals surface area contributed by atoms with Crippen LogP contribution in [0.15, 0.2) is 10.2 Å². The predicted molar refractivity (Wildman–Crippen MR) is 29.4 cm³/mol. The van der Waals surface area contributed by atoms with Gasteiger partial charge >= 0.3 is 0 Å². The fourth-order valence-corrected chi connectivity index (χ4v) is 0.263. The molecule has 0 aliphatic carbocycles. The highest BCUT2D eigenvalue weighted by Crippen LogP contribution is 1.82. The van der Waals surface area contributed by atoms with Crippen molar-refractivity contribution in [1.29, 1.82) is 0 Å². The first kappa shape index (κ1) is 6.27. The Morgan fingerprint density at radius 2 is 2.29 bits per heavy atom. The molecule has 7 heavy (non-hydrogen) atoms. The third kappa shape index (κ3) is 2.03. The second-order valence-corrected chi connectivity index (χ2v) is 1.08. The summed E-state index contributed by atoms with van der Waals surface area (Å²) in [5.74, 6) is 0.375. The number of nitroso groups, excluding NO2 is 1. The zero-order valence-electron chi connectivity index (χ0n) is 4.51. The van der Waals surface area contributed by atoms with Crippen molar-refractivity contribution < 1.29 is 0 Å². The van der Waals surface area contributed by atoms with Gasteiger partial charge in [-0.3, -0.25) is 4.99 Å². The molecule has 0 aromatic carbocycles. The third-order valence-corrected chi connectivity index (χ3v) is 0.680. The molecule has 0 saturated heterocycles. The van der Waals surface area contributed by atoms with Crippen molar-refractivity contribution in [2.75, 3.05) is 7.05 Å². The topological polar surface area (TPSA) is 41.8 Å². The molecule has 0 amide bonds. The molecular formula is C4H8N2O. The summed E-state index contributed by atoms with van der Waals surface area (Å²) in [6, 6.07) is 0. The van der Waals surface area contributed by atoms with Gasteiger partial charge in [-0.2, -0.15) is 0 Å². The molecule has 0 aromatic heterocycles. The zero-order chi connectivity index (χ0) is 5.70. The Kier molecular flexibility index (Phi) is 3.10. The maximum atomic E-state index is 9.59. The van der Waals surface area contributed by atoms with Crippen molar-refractivity contribution in [2.24, 2.45) is 10.2 Å². The van der Waals surface area contributed by atoms with Crippen LogP contribution < -0.4 is 0 Å². The van der Waals surface area contributed by atoms with E-state index in [0.717, 1.165) is 0 Å². The number of aliphatic imine (C=N–C) groups is 1. The molecule has 0 bridgehead atoms. The van der Waals surface area contributed by atoms with E-state index in [9.17, 15) is 4.91 Å². The average molecular weight is 100 g/mol. The van der Waals surface area contributed by atoms with Crippen LogP contribution in [0, 0.1) is 4.91 Å². The molecule has 0 saturated carbocycles. The maximum Gasteiger partial charge on any atom is 0.167 e. The minimum Gasteiger partial charge on any atom is -0.271 e. The lowest BCUT2D eigenvalue weighted by molar-refractivity contribution is 1.21. The van der Waals surface area contributed by atoms with Gasteiger partial charge in [-0.1, -0.05) is 6.92 Å². The third-order valence-electron chi connectivity index (χ3n) is 0.680. The summed E-state index contributed by atoms with van der Waals surface area (Å²) >= 11 is 0. The highest BCUT2D eigenvalue weighted by Gasteiger charge is 1.86. The molecule has 0 radical (unpaired) electrons. The monoisotopic (exact) mass is 100 g/mol. The molecule has 0 fully saturated rings. The van der Waals surface area contributed by atoms with E-state index < -0.39 is 0 Å². The standard InChI is InChI=1S/C4H8N2O/c1-3-4(5-2)6-7/h3H2,1-2H3/b5-4+. The van der Waals surface area contributed by atoms with Crippen molar-refractivity contribution in [3.8, 4) is 0 Å². The van der Waals surface area contributed by atoms with Gasteiger partial charge in [0.25, 0.3) is 0 Å². The number of nitrogens with zero attached hydrogens (tertiary/aromatic N) is 2. The van der Waals surface area contributed by atoms with E-state index in [1.807, 2.05) is 6.92 Å². The molecule has 0 aliphatic rings. The number of hydrogen-bond donors (Lipinski definition) is 0. The fraction of sp³-hybridized carbons (Fsp3) is 0.750. The Morgan fingerprint density at radius 1 is 1.71 bits per heavy atom. The minimum absolute atomic E-state index is 0.375. The van der Waals surface area contributed by atoms with Crippen molar-refractivity contribution in [3.63, 3.8) is 0 Å². The Balaban J connectivity index is 3.60. The van der Waals surface area contributed by atoms with Crippen LogP contribution in [0.5, 0.6) is 0 Å². The summed E-state index contributed by atoms with van der Waals surface area (Å²) in [5.41, 5.74) is 0. The van der Waals surface area contributed by atoms with E-state index in [2.05, 4.69) is 10.2 Å². The maximum absolute atomic E-state index is 9.59. The van der Waals surface area contributed by atoms with Gasteiger partial charge in [0.05, 0.1) is 0 Å². The molecule has 0 aliphatic heterocycles. The van der Waals surface area contributed by atoms with E-state index in [0.29, 0.717) is 12.3 Å². The zero-order valence-corrected chi connectivity index (χ0v) is 4.51. The molecule has 3 nitrogen and oxygen atoms in total. The summed E-state index contributed by atoms with van der Waals surface area (Å²) in [6.45, 7) is 1.84. The molecule has 3 heteroatoms. The van der Waals surface area contributed by atoms with Gasteiger partial charge in [-0.15, -0.1) is 4.91 Å². The highest BCUT2D eigenvalue weighted by molar-refractivity contribution is 5.82. The van der Waals surface area contributed by atoms with Gasteiger partial charge < -0.3 is 0 Å². The summed E-state index contributed by atoms with van der Waals surface area (Å²) in [7, 11) is 1.56. The molecule has 0 atom stereocenters. The van der Waals surface area contributed by atoms with Crippen LogP contribution in [0.2, 0.25) is 0 Å². The van der Waals surface area contributed by atoms with Crippen LogP contribution in [0.25, 0.3) is 0 Å². The minimum atomic E-state index is 0.375. The van der Waals surface area contributed by atoms with Crippen molar-refractivity contribution in [3.05, 3.63) is 4.91 Å². The summed E-state index contributed by atoms with van der Waals surface area (Å²) in [5, 5.41) is 2.62. The SMILES string of the molecule is CC/C(N=O)=N\C. The summed E-state index contributed by atoms with van der Waals surface area (Å²) < 4.78 is 0. The molecule has 0 aromatic rings. The lowest BCUT2D eigenvalue weighted by Crippen LogP contribution is -1.86. The largest absolute Gasteiger partial charge is 0.271 e. The van der Waals surface area contributed by atoms with Gasteiger partial charge in [-0.05, 0) is 5.18 Å². The lowest BCUT2D eigenvalue weighted by atomic mass is 10.5. The first-order chi connectivity index (χ1) is 3.35. The molecular weight excluding hydrogens is 92.1 g/mol. The second-order valence-electron chi connectivity index (χ2n) is 1.08. The number of amidine groups is 1. The van der Waals surface area contributed by atoms with Crippen LogP contribution in [0.4, 0.5) is 0 Å². The number of rotatable bonds is 1. The quantitative estimate of drug-likeness (QED) is 0.277. The van der Waals surface area contributed by atoms with E-state index in [-0.39, 0.29) is 0 Å². The highest BCUT2D eigenvalue weighted by atomic mass is 16.3. The fourth-order valence-electron chi connectivity index (χ4n) is 0.263. The van der Waals surface area contributed by atoms with Crippen LogP contribution in [0.3, 0.4) is 0 Å². The predicted octanol–water partition coefficient (Wildman–Crippen LogP) is 1.19. The van der Waals surface area contributed by atoms with Crippen LogP contribution in [0.1, 0.15) is 13.3 Å². The van der Waals surface area contributed by atoms with Gasteiger partial charge in [0, 0.05) is 13.5 Å². The van der Waals surface area contributed by atoms with E-state index in [4.69, 9.17) is 0 Å². The molecule has 0 unspecified atom stereocenters. The summed E-state index contributed by atoms with van der Waals surface area (Å²) in [4.78, 5) is 13.1. The van der Waals surface area contributed by atoms with E-state index in [1.165, 1.54) is 0 Å². The van der Waals surface area contributed by atoms with E-state index in [1.54, 1.807) is 7.05 Å². The number of hydrogen-bond acceptors (Lipinski definition) is 2.